The van der Waals surface area contributed by atoms with Crippen LogP contribution in [0.15, 0.2) is 59.9 Å². The Morgan fingerprint density at radius 1 is 1.19 bits per heavy atom. The van der Waals surface area contributed by atoms with Gasteiger partial charge in [-0.05, 0) is 36.8 Å². The van der Waals surface area contributed by atoms with Crippen molar-refractivity contribution in [2.75, 3.05) is 13.3 Å². The number of halogens is 2. The van der Waals surface area contributed by atoms with Crippen LogP contribution in [0.2, 0.25) is 0 Å². The van der Waals surface area contributed by atoms with E-state index in [9.17, 15) is 8.78 Å². The number of nitrogens with one attached hydrogen (secondary N) is 2. The summed E-state index contributed by atoms with van der Waals surface area (Å²) < 4.78 is 42.7. The molecular formula is C22H23F2N5O3. The quantitative estimate of drug-likeness (QED) is 0.410. The third-order valence-electron chi connectivity index (χ3n) is 4.69. The van der Waals surface area contributed by atoms with Gasteiger partial charge in [-0.1, -0.05) is 12.1 Å². The molecular weight excluding hydrogens is 420 g/mol. The van der Waals surface area contributed by atoms with Crippen LogP contribution in [-0.2, 0) is 13.1 Å². The molecule has 4 rings (SSSR count). The molecule has 32 heavy (non-hydrogen) atoms. The average molecular weight is 443 g/mol. The highest BCUT2D eigenvalue weighted by atomic mass is 19.3. The summed E-state index contributed by atoms with van der Waals surface area (Å²) in [4.78, 5) is 4.58. The van der Waals surface area contributed by atoms with E-state index < -0.39 is 6.61 Å². The lowest BCUT2D eigenvalue weighted by atomic mass is 10.1. The van der Waals surface area contributed by atoms with E-state index in [0.717, 1.165) is 11.3 Å². The maximum Gasteiger partial charge on any atom is 0.387 e. The Bertz CT molecular complexity index is 1060. The number of nitrogens with zero attached hydrogens (tertiary/aromatic N) is 3. The van der Waals surface area contributed by atoms with Gasteiger partial charge in [-0.25, -0.2) is 9.67 Å². The van der Waals surface area contributed by atoms with E-state index in [1.165, 1.54) is 6.07 Å². The molecule has 2 aromatic carbocycles. The SMILES string of the molecule is CCNC(=NCc1ccc(-n2cccn2)cc1)NCc1cc2c(cc1OC(F)F)OCO2. The van der Waals surface area contributed by atoms with E-state index in [-0.39, 0.29) is 19.1 Å². The van der Waals surface area contributed by atoms with Crippen LogP contribution in [0.3, 0.4) is 0 Å². The number of alkyl halides is 2. The molecule has 0 unspecified atom stereocenters. The molecule has 0 fully saturated rings. The van der Waals surface area contributed by atoms with Crippen LogP contribution >= 0.6 is 0 Å². The zero-order chi connectivity index (χ0) is 22.3. The van der Waals surface area contributed by atoms with Crippen molar-refractivity contribution in [2.45, 2.75) is 26.6 Å². The molecule has 1 aromatic heterocycles. The molecule has 168 valence electrons. The largest absolute Gasteiger partial charge is 0.454 e. The van der Waals surface area contributed by atoms with Gasteiger partial charge in [0.2, 0.25) is 6.79 Å². The summed E-state index contributed by atoms with van der Waals surface area (Å²) in [5.74, 6) is 1.44. The fraction of sp³-hybridized carbons (Fsp3) is 0.273. The van der Waals surface area contributed by atoms with Crippen molar-refractivity contribution in [2.24, 2.45) is 4.99 Å². The van der Waals surface area contributed by atoms with E-state index in [4.69, 9.17) is 9.47 Å². The van der Waals surface area contributed by atoms with E-state index in [1.807, 2.05) is 43.5 Å². The second-order valence-electron chi connectivity index (χ2n) is 6.86. The fourth-order valence-corrected chi connectivity index (χ4v) is 3.18. The van der Waals surface area contributed by atoms with Gasteiger partial charge in [-0.15, -0.1) is 0 Å². The van der Waals surface area contributed by atoms with Crippen molar-refractivity contribution in [3.05, 3.63) is 66.0 Å². The summed E-state index contributed by atoms with van der Waals surface area (Å²) in [6, 6.07) is 12.8. The lowest BCUT2D eigenvalue weighted by molar-refractivity contribution is -0.0505. The number of aromatic nitrogens is 2. The molecule has 2 N–H and O–H groups in total. The molecule has 3 aromatic rings. The zero-order valence-electron chi connectivity index (χ0n) is 17.4. The molecule has 0 bridgehead atoms. The van der Waals surface area contributed by atoms with E-state index in [0.29, 0.717) is 36.1 Å². The first kappa shape index (κ1) is 21.4. The Balaban J connectivity index is 1.44. The minimum absolute atomic E-state index is 0.0295. The zero-order valence-corrected chi connectivity index (χ0v) is 17.4. The number of guanidine groups is 1. The summed E-state index contributed by atoms with van der Waals surface area (Å²) in [5, 5.41) is 10.5. The van der Waals surface area contributed by atoms with Gasteiger partial charge in [0.1, 0.15) is 5.75 Å². The fourth-order valence-electron chi connectivity index (χ4n) is 3.18. The summed E-state index contributed by atoms with van der Waals surface area (Å²) in [7, 11) is 0. The Kier molecular flexibility index (Phi) is 6.69. The standard InChI is InChI=1S/C22H23F2N5O3/c1-2-25-22(26-12-15-4-6-17(7-5-15)29-9-3-8-28-29)27-13-16-10-19-20(31-14-30-19)11-18(16)32-21(23)24/h3-11,21H,2,12-14H2,1H3,(H2,25,26,27). The molecule has 0 spiro atoms. The Morgan fingerprint density at radius 2 is 1.97 bits per heavy atom. The summed E-state index contributed by atoms with van der Waals surface area (Å²) >= 11 is 0. The smallest absolute Gasteiger partial charge is 0.387 e. The molecule has 1 aliphatic heterocycles. The van der Waals surface area contributed by atoms with Gasteiger partial charge in [0, 0.05) is 37.1 Å². The van der Waals surface area contributed by atoms with Crippen molar-refractivity contribution >= 4 is 5.96 Å². The molecule has 1 aliphatic rings. The molecule has 0 saturated carbocycles. The summed E-state index contributed by atoms with van der Waals surface area (Å²) in [6.07, 6.45) is 3.60. The lowest BCUT2D eigenvalue weighted by Gasteiger charge is -2.15. The minimum atomic E-state index is -2.94. The van der Waals surface area contributed by atoms with E-state index in [2.05, 4.69) is 25.5 Å². The number of hydrogen-bond donors (Lipinski definition) is 2. The molecule has 0 atom stereocenters. The van der Waals surface area contributed by atoms with E-state index >= 15 is 0 Å². The van der Waals surface area contributed by atoms with Crippen molar-refractivity contribution in [3.63, 3.8) is 0 Å². The molecule has 2 heterocycles. The average Bonchev–Trinajstić information content (AvgIpc) is 3.47. The first-order valence-electron chi connectivity index (χ1n) is 10.1. The number of ether oxygens (including phenoxy) is 3. The van der Waals surface area contributed by atoms with Crippen molar-refractivity contribution < 1.29 is 23.0 Å². The van der Waals surface area contributed by atoms with Crippen LogP contribution in [0, 0.1) is 0 Å². The highest BCUT2D eigenvalue weighted by Crippen LogP contribution is 2.38. The first-order valence-corrected chi connectivity index (χ1v) is 10.1. The van der Waals surface area contributed by atoms with Gasteiger partial charge in [0.05, 0.1) is 12.2 Å². The molecule has 0 saturated heterocycles. The van der Waals surface area contributed by atoms with Gasteiger partial charge < -0.3 is 24.8 Å². The third-order valence-corrected chi connectivity index (χ3v) is 4.69. The molecule has 8 nitrogen and oxygen atoms in total. The number of benzene rings is 2. The van der Waals surface area contributed by atoms with Crippen molar-refractivity contribution in [3.8, 4) is 22.9 Å². The molecule has 10 heteroatoms. The number of aliphatic imine (C=N–C) groups is 1. The van der Waals surface area contributed by atoms with Crippen LogP contribution in [0.5, 0.6) is 17.2 Å². The summed E-state index contributed by atoms with van der Waals surface area (Å²) in [6.45, 7) is 0.344. The van der Waals surface area contributed by atoms with Gasteiger partial charge in [0.15, 0.2) is 17.5 Å². The highest BCUT2D eigenvalue weighted by Gasteiger charge is 2.20. The van der Waals surface area contributed by atoms with Crippen LogP contribution in [0.25, 0.3) is 5.69 Å². The third kappa shape index (κ3) is 5.26. The van der Waals surface area contributed by atoms with E-state index in [1.54, 1.807) is 16.9 Å². The van der Waals surface area contributed by atoms with Crippen LogP contribution in [-0.4, -0.2) is 35.7 Å². The van der Waals surface area contributed by atoms with Crippen LogP contribution < -0.4 is 24.8 Å². The maximum atomic E-state index is 12.8. The second kappa shape index (κ2) is 9.99. The lowest BCUT2D eigenvalue weighted by Crippen LogP contribution is -2.36. The second-order valence-corrected chi connectivity index (χ2v) is 6.86. The normalized spacial score (nSPS) is 12.8. The van der Waals surface area contributed by atoms with Crippen molar-refractivity contribution in [1.82, 2.24) is 20.4 Å². The van der Waals surface area contributed by atoms with Gasteiger partial charge in [0.25, 0.3) is 0 Å². The van der Waals surface area contributed by atoms with Crippen LogP contribution in [0.4, 0.5) is 8.78 Å². The number of rotatable bonds is 8. The first-order chi connectivity index (χ1) is 15.6. The predicted octanol–water partition coefficient (Wildman–Crippen LogP) is 3.46. The van der Waals surface area contributed by atoms with Crippen LogP contribution in [0.1, 0.15) is 18.1 Å². The Labute approximate surface area is 183 Å². The van der Waals surface area contributed by atoms with Gasteiger partial charge >= 0.3 is 6.61 Å². The molecule has 0 aliphatic carbocycles. The number of fused-ring (bicyclic) bond motifs is 1. The van der Waals surface area contributed by atoms with Gasteiger partial charge in [-0.3, -0.25) is 0 Å². The molecule has 0 radical (unpaired) electrons. The highest BCUT2D eigenvalue weighted by molar-refractivity contribution is 5.79. The Hall–Kier alpha value is -3.82. The Morgan fingerprint density at radius 3 is 2.66 bits per heavy atom. The monoisotopic (exact) mass is 443 g/mol. The maximum absolute atomic E-state index is 12.8. The van der Waals surface area contributed by atoms with Crippen molar-refractivity contribution in [1.29, 1.82) is 0 Å². The van der Waals surface area contributed by atoms with Gasteiger partial charge in [-0.2, -0.15) is 13.9 Å². The number of hydrogen-bond acceptors (Lipinski definition) is 5. The minimum Gasteiger partial charge on any atom is -0.454 e. The topological polar surface area (TPSA) is 81.9 Å². The molecule has 0 amide bonds. The predicted molar refractivity (Wildman–Crippen MR) is 114 cm³/mol. The summed E-state index contributed by atoms with van der Waals surface area (Å²) in [5.41, 5.74) is 2.48.